The number of aromatic nitrogens is 4. The monoisotopic (exact) mass is 463 g/mol. The van der Waals surface area contributed by atoms with Gasteiger partial charge in [0.05, 0.1) is 32.1 Å². The molecule has 11 heteroatoms. The maximum Gasteiger partial charge on any atom is 0.236 e. The Hall–Kier alpha value is -2.98. The van der Waals surface area contributed by atoms with E-state index in [-0.39, 0.29) is 11.7 Å². The van der Waals surface area contributed by atoms with Gasteiger partial charge in [-0.3, -0.25) is 4.79 Å². The fourth-order valence-corrected chi connectivity index (χ4v) is 3.78. The predicted molar refractivity (Wildman–Crippen MR) is 119 cm³/mol. The summed E-state index contributed by atoms with van der Waals surface area (Å²) < 4.78 is 18.2. The fraction of sp³-hybridized carbons (Fsp3) is 0.300. The summed E-state index contributed by atoms with van der Waals surface area (Å²) in [7, 11) is 4.66. The Labute approximate surface area is 189 Å². The molecule has 0 saturated carbocycles. The molecule has 0 fully saturated rings. The highest BCUT2D eigenvalue weighted by molar-refractivity contribution is 7.99. The third-order valence-electron chi connectivity index (χ3n) is 4.28. The SMILES string of the molecule is CCn1c(SCC(=O)Nc2ccc(Cl)cn2)nnc1-c1cc(OC)c(OC)c(OC)c1. The largest absolute Gasteiger partial charge is 0.493 e. The molecule has 0 spiro atoms. The van der Waals surface area contributed by atoms with Crippen molar-refractivity contribution in [1.29, 1.82) is 0 Å². The second-order valence-corrected chi connectivity index (χ2v) is 7.54. The highest BCUT2D eigenvalue weighted by atomic mass is 35.5. The molecule has 164 valence electrons. The summed E-state index contributed by atoms with van der Waals surface area (Å²) in [5.41, 5.74) is 0.755. The molecule has 9 nitrogen and oxygen atoms in total. The summed E-state index contributed by atoms with van der Waals surface area (Å²) in [6, 6.07) is 6.92. The number of carbonyl (C=O) groups excluding carboxylic acids is 1. The van der Waals surface area contributed by atoms with E-state index in [1.54, 1.807) is 33.5 Å². The van der Waals surface area contributed by atoms with E-state index in [0.717, 1.165) is 5.56 Å². The van der Waals surface area contributed by atoms with Crippen LogP contribution in [0.25, 0.3) is 11.4 Å². The molecule has 2 aromatic heterocycles. The quantitative estimate of drug-likeness (QED) is 0.478. The number of pyridine rings is 1. The minimum atomic E-state index is -0.209. The van der Waals surface area contributed by atoms with E-state index >= 15 is 0 Å². The van der Waals surface area contributed by atoms with Crippen molar-refractivity contribution in [3.63, 3.8) is 0 Å². The summed E-state index contributed by atoms with van der Waals surface area (Å²) in [6.07, 6.45) is 1.47. The fourth-order valence-electron chi connectivity index (χ4n) is 2.86. The molecular weight excluding hydrogens is 442 g/mol. The number of hydrogen-bond acceptors (Lipinski definition) is 8. The second kappa shape index (κ2) is 10.4. The molecular formula is C20H22ClN5O4S. The molecule has 0 aliphatic heterocycles. The van der Waals surface area contributed by atoms with E-state index in [1.807, 2.05) is 23.6 Å². The van der Waals surface area contributed by atoms with E-state index in [1.165, 1.54) is 18.0 Å². The summed E-state index contributed by atoms with van der Waals surface area (Å²) >= 11 is 7.09. The Morgan fingerprint density at radius 3 is 2.39 bits per heavy atom. The van der Waals surface area contributed by atoms with E-state index in [2.05, 4.69) is 20.5 Å². The Morgan fingerprint density at radius 1 is 1.13 bits per heavy atom. The van der Waals surface area contributed by atoms with Crippen molar-refractivity contribution in [1.82, 2.24) is 19.7 Å². The average Bonchev–Trinajstić information content (AvgIpc) is 3.21. The zero-order valence-corrected chi connectivity index (χ0v) is 19.1. The van der Waals surface area contributed by atoms with Crippen LogP contribution in [-0.2, 0) is 11.3 Å². The Kier molecular flexibility index (Phi) is 7.59. The van der Waals surface area contributed by atoms with Gasteiger partial charge in [-0.25, -0.2) is 4.98 Å². The van der Waals surface area contributed by atoms with Crippen molar-refractivity contribution in [3.05, 3.63) is 35.5 Å². The molecule has 0 unspecified atom stereocenters. The summed E-state index contributed by atoms with van der Waals surface area (Å²) in [5, 5.41) is 12.4. The summed E-state index contributed by atoms with van der Waals surface area (Å²) in [6.45, 7) is 2.59. The molecule has 0 saturated heterocycles. The van der Waals surface area contributed by atoms with Crippen molar-refractivity contribution < 1.29 is 19.0 Å². The summed E-state index contributed by atoms with van der Waals surface area (Å²) in [5.74, 6) is 2.54. The maximum atomic E-state index is 12.3. The molecule has 3 aromatic rings. The van der Waals surface area contributed by atoms with Crippen LogP contribution < -0.4 is 19.5 Å². The zero-order chi connectivity index (χ0) is 22.4. The first-order valence-corrected chi connectivity index (χ1v) is 10.6. The number of ether oxygens (including phenoxy) is 3. The number of hydrogen-bond donors (Lipinski definition) is 1. The van der Waals surface area contributed by atoms with Gasteiger partial charge in [-0.2, -0.15) is 0 Å². The lowest BCUT2D eigenvalue weighted by atomic mass is 10.1. The highest BCUT2D eigenvalue weighted by Crippen LogP contribution is 2.41. The minimum Gasteiger partial charge on any atom is -0.493 e. The van der Waals surface area contributed by atoms with Crippen LogP contribution >= 0.6 is 23.4 Å². The number of halogens is 1. The van der Waals surface area contributed by atoms with E-state index in [9.17, 15) is 4.79 Å². The molecule has 1 N–H and O–H groups in total. The number of amides is 1. The van der Waals surface area contributed by atoms with Gasteiger partial charge >= 0.3 is 0 Å². The van der Waals surface area contributed by atoms with Crippen molar-refractivity contribution >= 4 is 35.1 Å². The van der Waals surface area contributed by atoms with Gasteiger partial charge in [0, 0.05) is 18.3 Å². The number of nitrogens with one attached hydrogen (secondary N) is 1. The lowest BCUT2D eigenvalue weighted by molar-refractivity contribution is -0.113. The van der Waals surface area contributed by atoms with Crippen molar-refractivity contribution in [2.45, 2.75) is 18.6 Å². The number of anilines is 1. The Morgan fingerprint density at radius 2 is 1.84 bits per heavy atom. The van der Waals surface area contributed by atoms with Gasteiger partial charge < -0.3 is 24.1 Å². The van der Waals surface area contributed by atoms with Crippen molar-refractivity contribution in [3.8, 4) is 28.6 Å². The van der Waals surface area contributed by atoms with E-state index < -0.39 is 0 Å². The lowest BCUT2D eigenvalue weighted by Crippen LogP contribution is -2.15. The molecule has 0 aliphatic carbocycles. The number of thioether (sulfide) groups is 1. The highest BCUT2D eigenvalue weighted by Gasteiger charge is 2.19. The third kappa shape index (κ3) is 5.20. The number of carbonyl (C=O) groups is 1. The lowest BCUT2D eigenvalue weighted by Gasteiger charge is -2.14. The van der Waals surface area contributed by atoms with Gasteiger partial charge in [0.15, 0.2) is 22.5 Å². The Balaban J connectivity index is 1.79. The third-order valence-corrected chi connectivity index (χ3v) is 5.47. The normalized spacial score (nSPS) is 10.6. The number of rotatable bonds is 9. The molecule has 0 radical (unpaired) electrons. The van der Waals surface area contributed by atoms with Gasteiger partial charge in [0.2, 0.25) is 11.7 Å². The smallest absolute Gasteiger partial charge is 0.236 e. The zero-order valence-electron chi connectivity index (χ0n) is 17.5. The van der Waals surface area contributed by atoms with Crippen LogP contribution in [0.3, 0.4) is 0 Å². The van der Waals surface area contributed by atoms with Gasteiger partial charge in [0.25, 0.3) is 0 Å². The molecule has 2 heterocycles. The van der Waals surface area contributed by atoms with Gasteiger partial charge in [-0.05, 0) is 31.2 Å². The van der Waals surface area contributed by atoms with Gasteiger partial charge in [0.1, 0.15) is 5.82 Å². The van der Waals surface area contributed by atoms with E-state index in [4.69, 9.17) is 25.8 Å². The topological polar surface area (TPSA) is 100 Å². The molecule has 0 bridgehead atoms. The molecule has 3 rings (SSSR count). The maximum absolute atomic E-state index is 12.3. The minimum absolute atomic E-state index is 0.150. The van der Waals surface area contributed by atoms with Gasteiger partial charge in [-0.15, -0.1) is 10.2 Å². The van der Waals surface area contributed by atoms with Crippen LogP contribution in [0.15, 0.2) is 35.6 Å². The van der Waals surface area contributed by atoms with Crippen LogP contribution in [0.1, 0.15) is 6.92 Å². The van der Waals surface area contributed by atoms with Crippen LogP contribution in [0.5, 0.6) is 17.2 Å². The first-order chi connectivity index (χ1) is 15.0. The average molecular weight is 464 g/mol. The van der Waals surface area contributed by atoms with Crippen molar-refractivity contribution in [2.24, 2.45) is 0 Å². The van der Waals surface area contributed by atoms with Crippen LogP contribution in [0, 0.1) is 0 Å². The summed E-state index contributed by atoms with van der Waals surface area (Å²) in [4.78, 5) is 16.3. The molecule has 0 atom stereocenters. The first-order valence-electron chi connectivity index (χ1n) is 9.28. The number of nitrogens with zero attached hydrogens (tertiary/aromatic N) is 4. The molecule has 31 heavy (non-hydrogen) atoms. The predicted octanol–water partition coefficient (Wildman–Crippen LogP) is 3.77. The molecule has 0 aliphatic rings. The standard InChI is InChI=1S/C20H22ClN5O4S/c1-5-26-19(12-8-14(28-2)18(30-4)15(9-12)29-3)24-25-20(26)31-11-17(27)23-16-7-6-13(21)10-22-16/h6-10H,5,11H2,1-4H3,(H,22,23,27). The van der Waals surface area contributed by atoms with Crippen LogP contribution in [0.2, 0.25) is 5.02 Å². The Bertz CT molecular complexity index is 1030. The van der Waals surface area contributed by atoms with E-state index in [0.29, 0.717) is 45.6 Å². The number of methoxy groups -OCH3 is 3. The van der Waals surface area contributed by atoms with Gasteiger partial charge in [-0.1, -0.05) is 23.4 Å². The first kappa shape index (κ1) is 22.7. The van der Waals surface area contributed by atoms with Crippen LogP contribution in [0.4, 0.5) is 5.82 Å². The van der Waals surface area contributed by atoms with Crippen molar-refractivity contribution in [2.75, 3.05) is 32.4 Å². The molecule has 1 aromatic carbocycles. The number of benzene rings is 1. The molecule has 1 amide bonds. The van der Waals surface area contributed by atoms with Crippen LogP contribution in [-0.4, -0.2) is 52.7 Å². The second-order valence-electron chi connectivity index (χ2n) is 6.16.